The first-order valence-electron chi connectivity index (χ1n) is 3.09. The van der Waals surface area contributed by atoms with Crippen LogP contribution in [0.15, 0.2) is 0 Å². The minimum atomic E-state index is -0.218. The van der Waals surface area contributed by atoms with Gasteiger partial charge in [0.1, 0.15) is 0 Å². The molecule has 1 saturated heterocycles. The summed E-state index contributed by atoms with van der Waals surface area (Å²) in [6.07, 6.45) is 0.599. The van der Waals surface area contributed by atoms with Crippen LogP contribution in [0, 0.1) is 0 Å². The van der Waals surface area contributed by atoms with Gasteiger partial charge in [0.15, 0.2) is 5.78 Å². The van der Waals surface area contributed by atoms with Crippen LogP contribution in [-0.2, 0) is 4.79 Å². The number of hydrogen-bond donors (Lipinski definition) is 1. The Hall–Kier alpha value is -0.410. The Kier molecular flexibility index (Phi) is 1.83. The first-order chi connectivity index (χ1) is 4.25. The number of Topliss-reactive ketones (excluding diaryl/α,β-unsaturated/α-hetero) is 1. The summed E-state index contributed by atoms with van der Waals surface area (Å²) in [5.41, 5.74) is 0. The van der Waals surface area contributed by atoms with Crippen molar-refractivity contribution in [3.63, 3.8) is 0 Å². The van der Waals surface area contributed by atoms with Gasteiger partial charge in [0.25, 0.3) is 0 Å². The molecule has 0 spiro atoms. The second kappa shape index (κ2) is 2.45. The molecule has 1 rings (SSSR count). The number of likely N-dealkylation sites (N-methyl/N-ethyl adjacent to an activating group) is 1. The number of aliphatic hydroxyl groups excluding tert-OH is 1. The quantitative estimate of drug-likeness (QED) is 0.506. The van der Waals surface area contributed by atoms with Gasteiger partial charge in [0, 0.05) is 13.0 Å². The highest BCUT2D eigenvalue weighted by molar-refractivity contribution is 5.86. The van der Waals surface area contributed by atoms with Crippen molar-refractivity contribution in [3.05, 3.63) is 0 Å². The first kappa shape index (κ1) is 6.71. The van der Waals surface area contributed by atoms with Crippen LogP contribution in [0.1, 0.15) is 6.42 Å². The van der Waals surface area contributed by atoms with Crippen molar-refractivity contribution in [2.75, 3.05) is 20.2 Å². The fraction of sp³-hybridized carbons (Fsp3) is 0.833. The fourth-order valence-corrected chi connectivity index (χ4v) is 1.10. The second-order valence-corrected chi connectivity index (χ2v) is 2.40. The molecule has 1 aliphatic heterocycles. The summed E-state index contributed by atoms with van der Waals surface area (Å²) in [6, 6.07) is -0.218. The lowest BCUT2D eigenvalue weighted by molar-refractivity contribution is -0.120. The predicted molar refractivity (Wildman–Crippen MR) is 33.1 cm³/mol. The molecule has 0 aromatic carbocycles. The van der Waals surface area contributed by atoms with Crippen molar-refractivity contribution in [1.82, 2.24) is 4.90 Å². The summed E-state index contributed by atoms with van der Waals surface area (Å²) in [5, 5.41) is 8.64. The minimum Gasteiger partial charge on any atom is -0.394 e. The normalized spacial score (nSPS) is 29.6. The molecule has 3 nitrogen and oxygen atoms in total. The van der Waals surface area contributed by atoms with E-state index in [4.69, 9.17) is 5.11 Å². The third kappa shape index (κ3) is 1.11. The number of carbonyl (C=O) groups is 1. The molecule has 1 N–H and O–H groups in total. The summed E-state index contributed by atoms with van der Waals surface area (Å²) in [5.74, 6) is 0.167. The van der Waals surface area contributed by atoms with E-state index in [1.807, 2.05) is 11.9 Å². The Bertz CT molecular complexity index is 124. The molecular formula is C6H11NO2. The van der Waals surface area contributed by atoms with Crippen molar-refractivity contribution in [2.45, 2.75) is 12.5 Å². The Morgan fingerprint density at radius 3 is 2.78 bits per heavy atom. The second-order valence-electron chi connectivity index (χ2n) is 2.40. The van der Waals surface area contributed by atoms with Gasteiger partial charge in [0.2, 0.25) is 0 Å². The van der Waals surface area contributed by atoms with Crippen molar-refractivity contribution in [1.29, 1.82) is 0 Å². The van der Waals surface area contributed by atoms with Crippen molar-refractivity contribution < 1.29 is 9.90 Å². The summed E-state index contributed by atoms with van der Waals surface area (Å²) < 4.78 is 0. The van der Waals surface area contributed by atoms with Crippen LogP contribution in [0.2, 0.25) is 0 Å². The maximum Gasteiger partial charge on any atom is 0.153 e. The number of likely N-dealkylation sites (tertiary alicyclic amines) is 1. The van der Waals surface area contributed by atoms with Gasteiger partial charge >= 0.3 is 0 Å². The Labute approximate surface area is 54.3 Å². The lowest BCUT2D eigenvalue weighted by atomic mass is 10.2. The molecule has 0 bridgehead atoms. The van der Waals surface area contributed by atoms with E-state index in [1.54, 1.807) is 0 Å². The number of carbonyl (C=O) groups excluding carboxylic acids is 1. The third-order valence-corrected chi connectivity index (χ3v) is 1.79. The smallest absolute Gasteiger partial charge is 0.153 e. The average Bonchev–Trinajstić information content (AvgIpc) is 2.12. The maximum absolute atomic E-state index is 10.8. The van der Waals surface area contributed by atoms with Crippen LogP contribution in [0.25, 0.3) is 0 Å². The van der Waals surface area contributed by atoms with Crippen molar-refractivity contribution in [2.24, 2.45) is 0 Å². The van der Waals surface area contributed by atoms with Crippen molar-refractivity contribution >= 4 is 5.78 Å². The van der Waals surface area contributed by atoms with Gasteiger partial charge < -0.3 is 5.11 Å². The number of nitrogens with zero attached hydrogens (tertiary/aromatic N) is 1. The van der Waals surface area contributed by atoms with E-state index in [-0.39, 0.29) is 18.4 Å². The van der Waals surface area contributed by atoms with Crippen LogP contribution >= 0.6 is 0 Å². The highest BCUT2D eigenvalue weighted by Crippen LogP contribution is 2.09. The van der Waals surface area contributed by atoms with E-state index in [0.29, 0.717) is 6.42 Å². The van der Waals surface area contributed by atoms with E-state index in [1.165, 1.54) is 0 Å². The molecule has 0 aliphatic carbocycles. The zero-order valence-electron chi connectivity index (χ0n) is 5.50. The van der Waals surface area contributed by atoms with Gasteiger partial charge in [-0.05, 0) is 7.05 Å². The Balaban J connectivity index is 2.55. The molecule has 1 aliphatic rings. The number of aliphatic hydroxyl groups is 1. The maximum atomic E-state index is 10.8. The van der Waals surface area contributed by atoms with Crippen LogP contribution in [0.3, 0.4) is 0 Å². The molecule has 0 amide bonds. The summed E-state index contributed by atoms with van der Waals surface area (Å²) in [6.45, 7) is 0.763. The fourth-order valence-electron chi connectivity index (χ4n) is 1.10. The zero-order valence-corrected chi connectivity index (χ0v) is 5.50. The van der Waals surface area contributed by atoms with Gasteiger partial charge in [-0.1, -0.05) is 0 Å². The van der Waals surface area contributed by atoms with E-state index >= 15 is 0 Å². The molecule has 1 atom stereocenters. The van der Waals surface area contributed by atoms with Crippen LogP contribution < -0.4 is 0 Å². The van der Waals surface area contributed by atoms with Gasteiger partial charge in [-0.25, -0.2) is 0 Å². The number of rotatable bonds is 1. The van der Waals surface area contributed by atoms with E-state index in [9.17, 15) is 4.79 Å². The van der Waals surface area contributed by atoms with Crippen LogP contribution in [-0.4, -0.2) is 42.0 Å². The number of hydrogen-bond acceptors (Lipinski definition) is 3. The highest BCUT2D eigenvalue weighted by Gasteiger charge is 2.28. The largest absolute Gasteiger partial charge is 0.394 e. The molecule has 0 unspecified atom stereocenters. The molecule has 3 heteroatoms. The van der Waals surface area contributed by atoms with E-state index in [2.05, 4.69) is 0 Å². The molecule has 0 saturated carbocycles. The van der Waals surface area contributed by atoms with Crippen LogP contribution in [0.4, 0.5) is 0 Å². The zero-order chi connectivity index (χ0) is 6.85. The van der Waals surface area contributed by atoms with Gasteiger partial charge in [-0.2, -0.15) is 0 Å². The molecule has 1 heterocycles. The Morgan fingerprint density at radius 1 is 1.89 bits per heavy atom. The third-order valence-electron chi connectivity index (χ3n) is 1.79. The van der Waals surface area contributed by atoms with Crippen molar-refractivity contribution in [3.8, 4) is 0 Å². The lowest BCUT2D eigenvalue weighted by Gasteiger charge is -2.13. The SMILES string of the molecule is CN1CCC(=O)[C@H]1CO. The summed E-state index contributed by atoms with van der Waals surface area (Å²) >= 11 is 0. The number of ketones is 1. The van der Waals surface area contributed by atoms with E-state index < -0.39 is 0 Å². The topological polar surface area (TPSA) is 40.5 Å². The molecule has 0 aromatic rings. The highest BCUT2D eigenvalue weighted by atomic mass is 16.3. The lowest BCUT2D eigenvalue weighted by Crippen LogP contribution is -2.32. The van der Waals surface area contributed by atoms with Crippen LogP contribution in [0.5, 0.6) is 0 Å². The summed E-state index contributed by atoms with van der Waals surface area (Å²) in [4.78, 5) is 12.7. The van der Waals surface area contributed by atoms with Gasteiger partial charge in [-0.15, -0.1) is 0 Å². The van der Waals surface area contributed by atoms with E-state index in [0.717, 1.165) is 6.54 Å². The standard InChI is InChI=1S/C6H11NO2/c1-7-3-2-6(9)5(7)4-8/h5,8H,2-4H2,1H3/t5-/m1/s1. The molecular weight excluding hydrogens is 118 g/mol. The van der Waals surface area contributed by atoms with Gasteiger partial charge in [-0.3, -0.25) is 9.69 Å². The monoisotopic (exact) mass is 129 g/mol. The van der Waals surface area contributed by atoms with Gasteiger partial charge in [0.05, 0.1) is 12.6 Å². The summed E-state index contributed by atoms with van der Waals surface area (Å²) in [7, 11) is 1.85. The predicted octanol–water partition coefficient (Wildman–Crippen LogP) is -0.748. The Morgan fingerprint density at radius 2 is 2.56 bits per heavy atom. The molecule has 0 radical (unpaired) electrons. The molecule has 9 heavy (non-hydrogen) atoms. The molecule has 52 valence electrons. The average molecular weight is 129 g/mol. The molecule has 1 fully saturated rings. The first-order valence-corrected chi connectivity index (χ1v) is 3.09. The molecule has 0 aromatic heterocycles. The minimum absolute atomic E-state index is 0.0324.